The fraction of sp³-hybridized carbons (Fsp3) is 0.556. The third kappa shape index (κ3) is 4.34. The van der Waals surface area contributed by atoms with Crippen molar-refractivity contribution in [1.82, 2.24) is 19.6 Å². The lowest BCUT2D eigenvalue weighted by Crippen LogP contribution is -2.71. The van der Waals surface area contributed by atoms with Gasteiger partial charge in [-0.05, 0) is 0 Å². The number of thioether (sulfide) groups is 1. The number of carbonyl (C=O) groups is 3. The smallest absolute Gasteiger partial charge is 0.352 e. The number of likely N-dealkylation sites (N-methyl/N-ethyl adjacent to an activating group) is 1. The summed E-state index contributed by atoms with van der Waals surface area (Å²) in [6.07, 6.45) is -1.78. The number of rotatable bonds is 7. The molecule has 0 bridgehead atoms. The largest absolute Gasteiger partial charge is 0.477 e. The number of anilines is 1. The molecule has 34 heavy (non-hydrogen) atoms. The molecule has 0 radical (unpaired) electrons. The molecule has 2 unspecified atom stereocenters. The minimum atomic E-state index is -1.26. The first-order chi connectivity index (χ1) is 16.0. The van der Waals surface area contributed by atoms with Crippen molar-refractivity contribution in [1.29, 1.82) is 0 Å². The van der Waals surface area contributed by atoms with Crippen molar-refractivity contribution in [3.05, 3.63) is 17.1 Å². The predicted molar refractivity (Wildman–Crippen MR) is 120 cm³/mol. The summed E-state index contributed by atoms with van der Waals surface area (Å²) in [5.41, 5.74) is 5.70. The van der Waals surface area contributed by atoms with E-state index in [1.165, 1.54) is 18.9 Å². The number of quaternary nitrogens is 1. The van der Waals surface area contributed by atoms with E-state index in [2.05, 4.69) is 19.8 Å². The number of carboxylic acid groups (broad SMARTS) is 1. The molecule has 0 aliphatic carbocycles. The number of hydrogen-bond donors (Lipinski definition) is 5. The van der Waals surface area contributed by atoms with Gasteiger partial charge in [0.2, 0.25) is 11.5 Å². The van der Waals surface area contributed by atoms with E-state index in [1.807, 2.05) is 7.05 Å². The maximum atomic E-state index is 12.9. The third-order valence-electron chi connectivity index (χ3n) is 5.86. The molecule has 2 amide bonds. The molecule has 4 rings (SSSR count). The molecule has 3 aliphatic rings. The minimum Gasteiger partial charge on any atom is -0.477 e. The van der Waals surface area contributed by atoms with Crippen molar-refractivity contribution < 1.29 is 39.0 Å². The molecule has 0 spiro atoms. The molecular weight excluding hydrogens is 490 g/mol. The van der Waals surface area contributed by atoms with Crippen LogP contribution in [-0.2, 0) is 19.2 Å². The van der Waals surface area contributed by atoms with Crippen LogP contribution in [0.2, 0.25) is 0 Å². The summed E-state index contributed by atoms with van der Waals surface area (Å²) >= 11 is 2.19. The Hall–Kier alpha value is -2.79. The first-order valence-corrected chi connectivity index (χ1v) is 12.0. The summed E-state index contributed by atoms with van der Waals surface area (Å²) in [7, 11) is 3.06. The monoisotopic (exact) mass is 514 g/mol. The molecule has 3 aliphatic heterocycles. The first kappa shape index (κ1) is 24.3. The van der Waals surface area contributed by atoms with Crippen molar-refractivity contribution in [3.63, 3.8) is 0 Å². The van der Waals surface area contributed by atoms with Crippen LogP contribution < -0.4 is 11.1 Å². The molecule has 1 aromatic heterocycles. The number of carboxylic acids is 1. The molecule has 184 valence electrons. The summed E-state index contributed by atoms with van der Waals surface area (Å²) in [4.78, 5) is 47.6. The fourth-order valence-corrected chi connectivity index (χ4v) is 6.20. The minimum absolute atomic E-state index is 0.0536. The van der Waals surface area contributed by atoms with Crippen LogP contribution >= 0.6 is 23.3 Å². The standard InChI is InChI=1S/C18H23N7O7S2/c1-25(4-8(26)9(27)5-25)3-7-6-33-16-11(15(29)24(16)12(7)17(30)31)20-14(28)10(22-32-2)13-21-18(19)34-23-13/h8-9,11,16,26-27H,3-6H2,1-2H3,(H3-,19,20,21,23,28,30,31)/p+1/b22-10-/t8?,9?,11-,16-,25?/m1/s1. The number of nitrogens with two attached hydrogens (primary N) is 1. The Balaban J connectivity index is 1.52. The highest BCUT2D eigenvalue weighted by Crippen LogP contribution is 2.41. The molecule has 16 heteroatoms. The van der Waals surface area contributed by atoms with Gasteiger partial charge in [-0.1, -0.05) is 5.16 Å². The van der Waals surface area contributed by atoms with E-state index in [9.17, 15) is 29.7 Å². The zero-order valence-electron chi connectivity index (χ0n) is 18.2. The quantitative estimate of drug-likeness (QED) is 0.110. The number of aromatic nitrogens is 2. The number of aliphatic hydroxyl groups is 2. The highest BCUT2D eigenvalue weighted by Gasteiger charge is 2.55. The second-order valence-electron chi connectivity index (χ2n) is 8.47. The van der Waals surface area contributed by atoms with Crippen molar-refractivity contribution in [2.75, 3.05) is 45.3 Å². The lowest BCUT2D eigenvalue weighted by atomic mass is 10.0. The molecule has 4 atom stereocenters. The van der Waals surface area contributed by atoms with Gasteiger partial charge in [0.1, 0.15) is 56.1 Å². The van der Waals surface area contributed by atoms with E-state index in [0.717, 1.165) is 16.4 Å². The molecule has 0 saturated carbocycles. The Morgan fingerprint density at radius 3 is 2.59 bits per heavy atom. The van der Waals surface area contributed by atoms with Gasteiger partial charge in [-0.25, -0.2) is 4.79 Å². The van der Waals surface area contributed by atoms with Gasteiger partial charge in [0.25, 0.3) is 11.8 Å². The lowest BCUT2D eigenvalue weighted by molar-refractivity contribution is -0.895. The number of oxime groups is 1. The zero-order valence-corrected chi connectivity index (χ0v) is 19.9. The maximum absolute atomic E-state index is 12.9. The number of carbonyl (C=O) groups excluding carboxylic acids is 2. The van der Waals surface area contributed by atoms with Crippen LogP contribution in [0.4, 0.5) is 5.13 Å². The number of nitrogens with zero attached hydrogens (tertiary/aromatic N) is 5. The first-order valence-electron chi connectivity index (χ1n) is 10.2. The third-order valence-corrected chi connectivity index (χ3v) is 7.74. The number of nitrogens with one attached hydrogen (secondary N) is 1. The van der Waals surface area contributed by atoms with Gasteiger partial charge in [-0.2, -0.15) is 9.36 Å². The number of hydrogen-bond acceptors (Lipinski definition) is 12. The van der Waals surface area contributed by atoms with Gasteiger partial charge in [-0.15, -0.1) is 11.8 Å². The Morgan fingerprint density at radius 1 is 1.35 bits per heavy atom. The van der Waals surface area contributed by atoms with Crippen molar-refractivity contribution in [2.24, 2.45) is 5.16 Å². The Labute approximate surface area is 201 Å². The molecule has 2 fully saturated rings. The zero-order chi connectivity index (χ0) is 24.8. The van der Waals surface area contributed by atoms with Crippen LogP contribution in [0.1, 0.15) is 5.82 Å². The molecule has 2 saturated heterocycles. The van der Waals surface area contributed by atoms with E-state index in [-0.39, 0.29) is 46.5 Å². The van der Waals surface area contributed by atoms with Crippen LogP contribution in [0, 0.1) is 0 Å². The second kappa shape index (κ2) is 9.10. The summed E-state index contributed by atoms with van der Waals surface area (Å²) in [5.74, 6) is -2.34. The molecule has 0 aromatic carbocycles. The van der Waals surface area contributed by atoms with Crippen LogP contribution in [0.5, 0.6) is 0 Å². The van der Waals surface area contributed by atoms with Gasteiger partial charge >= 0.3 is 5.97 Å². The average molecular weight is 515 g/mol. The maximum Gasteiger partial charge on any atom is 0.352 e. The Bertz CT molecular complexity index is 1080. The fourth-order valence-electron chi connectivity index (χ4n) is 4.43. The van der Waals surface area contributed by atoms with E-state index < -0.39 is 41.4 Å². The lowest BCUT2D eigenvalue weighted by Gasteiger charge is -2.49. The van der Waals surface area contributed by atoms with Gasteiger partial charge in [0.05, 0.1) is 7.05 Å². The highest BCUT2D eigenvalue weighted by atomic mass is 32.2. The Morgan fingerprint density at radius 2 is 2.03 bits per heavy atom. The Kier molecular flexibility index (Phi) is 6.52. The van der Waals surface area contributed by atoms with E-state index in [1.54, 1.807) is 0 Å². The van der Waals surface area contributed by atoms with Crippen LogP contribution in [0.15, 0.2) is 16.4 Å². The number of likely N-dealkylation sites (tertiary alicyclic amines) is 1. The van der Waals surface area contributed by atoms with Crippen LogP contribution in [-0.4, -0.2) is 121 Å². The number of fused-ring (bicyclic) bond motifs is 1. The summed E-state index contributed by atoms with van der Waals surface area (Å²) < 4.78 is 4.18. The number of nitrogen functional groups attached to an aromatic ring is 1. The normalized spacial score (nSPS) is 31.2. The molecule has 14 nitrogen and oxygen atoms in total. The molecule has 4 heterocycles. The molecule has 1 aromatic rings. The van der Waals surface area contributed by atoms with E-state index in [0.29, 0.717) is 11.3 Å². The predicted octanol–water partition coefficient (Wildman–Crippen LogP) is -2.61. The van der Waals surface area contributed by atoms with Crippen molar-refractivity contribution >= 4 is 51.9 Å². The molecular formula is C18H24N7O7S2+. The number of aliphatic carboxylic acids is 1. The number of aliphatic hydroxyl groups excluding tert-OH is 2. The highest BCUT2D eigenvalue weighted by molar-refractivity contribution is 8.00. The van der Waals surface area contributed by atoms with Crippen LogP contribution in [0.3, 0.4) is 0 Å². The average Bonchev–Trinajstić information content (AvgIpc) is 3.30. The topological polar surface area (TPSA) is 201 Å². The van der Waals surface area contributed by atoms with E-state index in [4.69, 9.17) is 10.6 Å². The van der Waals surface area contributed by atoms with Gasteiger partial charge in [-0.3, -0.25) is 14.5 Å². The SMILES string of the molecule is CO/N=C(\C(=O)N[C@@H]1C(=O)N2C(C(=O)O)=C(C[N+]3(C)CC(O)C(O)C3)CS[C@H]12)c1nsc(N)n1. The van der Waals surface area contributed by atoms with Gasteiger partial charge < -0.3 is 35.7 Å². The van der Waals surface area contributed by atoms with Crippen molar-refractivity contribution in [2.45, 2.75) is 23.6 Å². The summed E-state index contributed by atoms with van der Waals surface area (Å²) in [6.45, 7) is 0.808. The summed E-state index contributed by atoms with van der Waals surface area (Å²) in [5, 5.41) is 35.4. The van der Waals surface area contributed by atoms with Gasteiger partial charge in [0.15, 0.2) is 5.13 Å². The van der Waals surface area contributed by atoms with Crippen molar-refractivity contribution in [3.8, 4) is 0 Å². The number of β-lactam (4-membered cyclic amide) rings is 1. The van der Waals surface area contributed by atoms with E-state index >= 15 is 0 Å². The number of amides is 2. The molecule has 6 N–H and O–H groups in total. The second-order valence-corrected chi connectivity index (χ2v) is 10.4. The van der Waals surface area contributed by atoms with Gasteiger partial charge in [0, 0.05) is 22.9 Å². The van der Waals surface area contributed by atoms with Crippen LogP contribution in [0.25, 0.3) is 0 Å². The summed E-state index contributed by atoms with van der Waals surface area (Å²) in [6, 6.07) is -0.980.